The van der Waals surface area contributed by atoms with Crippen LogP contribution in [0, 0.1) is 0 Å². The first-order chi connectivity index (χ1) is 9.69. The molecule has 0 atom stereocenters. The summed E-state index contributed by atoms with van der Waals surface area (Å²) in [5, 5.41) is 12.0. The van der Waals surface area contributed by atoms with E-state index in [4.69, 9.17) is 4.74 Å². The van der Waals surface area contributed by atoms with Crippen molar-refractivity contribution in [3.05, 3.63) is 48.3 Å². The molecule has 5 nitrogen and oxygen atoms in total. The van der Waals surface area contributed by atoms with Crippen LogP contribution < -0.4 is 10.1 Å². The molecule has 0 aliphatic heterocycles. The van der Waals surface area contributed by atoms with Gasteiger partial charge in [-0.3, -0.25) is 9.78 Å². The maximum Gasteiger partial charge on any atom is 0.257 e. The number of nitrogens with zero attached hydrogens (tertiary/aromatic N) is 1. The molecule has 0 bridgehead atoms. The van der Waals surface area contributed by atoms with Crippen LogP contribution in [0.3, 0.4) is 0 Å². The Bertz CT molecular complexity index is 599. The van der Waals surface area contributed by atoms with E-state index in [0.717, 1.165) is 6.42 Å². The molecule has 1 aromatic heterocycles. The molecule has 2 rings (SSSR count). The summed E-state index contributed by atoms with van der Waals surface area (Å²) in [5.74, 6) is 0.331. The molecule has 0 aliphatic carbocycles. The number of aromatic nitrogens is 1. The molecule has 2 N–H and O–H groups in total. The van der Waals surface area contributed by atoms with Crippen molar-refractivity contribution in [3.8, 4) is 11.5 Å². The van der Waals surface area contributed by atoms with Gasteiger partial charge in [0.15, 0.2) is 0 Å². The number of hydrogen-bond donors (Lipinski definition) is 2. The Balaban J connectivity index is 2.07. The number of carbonyl (C=O) groups excluding carboxylic acids is 1. The molecule has 1 amide bonds. The molecule has 5 heteroatoms. The lowest BCUT2D eigenvalue weighted by Gasteiger charge is -2.08. The molecule has 0 saturated carbocycles. The van der Waals surface area contributed by atoms with Crippen LogP contribution in [0.4, 0.5) is 5.69 Å². The molecular weight excluding hydrogens is 256 g/mol. The minimum absolute atomic E-state index is 0.0438. The molecule has 20 heavy (non-hydrogen) atoms. The fraction of sp³-hybridized carbons (Fsp3) is 0.200. The summed E-state index contributed by atoms with van der Waals surface area (Å²) in [6, 6.07) is 8.53. The highest BCUT2D eigenvalue weighted by Crippen LogP contribution is 2.18. The first-order valence-corrected chi connectivity index (χ1v) is 6.37. The van der Waals surface area contributed by atoms with Crippen LogP contribution >= 0.6 is 0 Å². The molecule has 2 aromatic rings. The molecule has 0 aliphatic rings. The molecule has 0 fully saturated rings. The highest BCUT2D eigenvalue weighted by molar-refractivity contribution is 6.04. The Morgan fingerprint density at radius 3 is 2.95 bits per heavy atom. The van der Waals surface area contributed by atoms with Gasteiger partial charge in [-0.05, 0) is 24.6 Å². The fourth-order valence-corrected chi connectivity index (χ4v) is 1.64. The highest BCUT2D eigenvalue weighted by Gasteiger charge is 2.07. The third kappa shape index (κ3) is 3.71. The first kappa shape index (κ1) is 13.9. The van der Waals surface area contributed by atoms with E-state index in [1.54, 1.807) is 18.2 Å². The predicted molar refractivity (Wildman–Crippen MR) is 76.1 cm³/mol. The van der Waals surface area contributed by atoms with Crippen LogP contribution in [-0.4, -0.2) is 22.6 Å². The molecule has 104 valence electrons. The van der Waals surface area contributed by atoms with E-state index >= 15 is 0 Å². The molecule has 1 heterocycles. The summed E-state index contributed by atoms with van der Waals surface area (Å²) < 4.78 is 5.50. The maximum atomic E-state index is 12.0. The van der Waals surface area contributed by atoms with Crippen molar-refractivity contribution in [2.75, 3.05) is 11.9 Å². The number of ether oxygens (including phenoxy) is 1. The summed E-state index contributed by atoms with van der Waals surface area (Å²) in [7, 11) is 0. The van der Waals surface area contributed by atoms with E-state index in [1.165, 1.54) is 18.5 Å². The van der Waals surface area contributed by atoms with Crippen LogP contribution in [0.2, 0.25) is 0 Å². The van der Waals surface area contributed by atoms with Gasteiger partial charge < -0.3 is 15.2 Å². The first-order valence-electron chi connectivity index (χ1n) is 6.37. The SMILES string of the molecule is CCCOc1cccc(NC(=O)c2cncc(O)c2)c1. The van der Waals surface area contributed by atoms with E-state index < -0.39 is 0 Å². The normalized spacial score (nSPS) is 10.1. The Morgan fingerprint density at radius 2 is 2.20 bits per heavy atom. The zero-order chi connectivity index (χ0) is 14.4. The number of pyridine rings is 1. The fourth-order valence-electron chi connectivity index (χ4n) is 1.64. The zero-order valence-electron chi connectivity index (χ0n) is 11.2. The summed E-state index contributed by atoms with van der Waals surface area (Å²) in [6.45, 7) is 2.66. The third-order valence-electron chi connectivity index (χ3n) is 2.55. The highest BCUT2D eigenvalue weighted by atomic mass is 16.5. The lowest BCUT2D eigenvalue weighted by Crippen LogP contribution is -2.12. The number of nitrogens with one attached hydrogen (secondary N) is 1. The summed E-state index contributed by atoms with van der Waals surface area (Å²) in [6.07, 6.45) is 3.59. The van der Waals surface area contributed by atoms with Gasteiger partial charge in [0.25, 0.3) is 5.91 Å². The number of anilines is 1. The van der Waals surface area contributed by atoms with Gasteiger partial charge in [-0.25, -0.2) is 0 Å². The topological polar surface area (TPSA) is 71.5 Å². The summed E-state index contributed by atoms with van der Waals surface area (Å²) in [5.41, 5.74) is 0.928. The van der Waals surface area contributed by atoms with Crippen molar-refractivity contribution >= 4 is 11.6 Å². The lowest BCUT2D eigenvalue weighted by molar-refractivity contribution is 0.102. The van der Waals surface area contributed by atoms with E-state index in [-0.39, 0.29) is 11.7 Å². The Hall–Kier alpha value is -2.56. The van der Waals surface area contributed by atoms with E-state index in [9.17, 15) is 9.90 Å². The Kier molecular flexibility index (Phi) is 4.55. The molecule has 0 saturated heterocycles. The van der Waals surface area contributed by atoms with Gasteiger partial charge >= 0.3 is 0 Å². The minimum atomic E-state index is -0.332. The second kappa shape index (κ2) is 6.56. The Morgan fingerprint density at radius 1 is 1.35 bits per heavy atom. The van der Waals surface area contributed by atoms with Crippen molar-refractivity contribution < 1.29 is 14.6 Å². The maximum absolute atomic E-state index is 12.0. The van der Waals surface area contributed by atoms with E-state index in [2.05, 4.69) is 10.3 Å². The van der Waals surface area contributed by atoms with Gasteiger partial charge in [0.05, 0.1) is 18.4 Å². The lowest BCUT2D eigenvalue weighted by atomic mass is 10.2. The largest absolute Gasteiger partial charge is 0.506 e. The standard InChI is InChI=1S/C15H16N2O3/c1-2-6-20-14-5-3-4-12(8-14)17-15(19)11-7-13(18)10-16-9-11/h3-5,7-10,18H,2,6H2,1H3,(H,17,19). The number of carbonyl (C=O) groups is 1. The minimum Gasteiger partial charge on any atom is -0.506 e. The molecule has 0 radical (unpaired) electrons. The molecule has 0 unspecified atom stereocenters. The summed E-state index contributed by atoms with van der Waals surface area (Å²) in [4.78, 5) is 15.8. The molecular formula is C15H16N2O3. The predicted octanol–water partition coefficient (Wildman–Crippen LogP) is 2.83. The van der Waals surface area contributed by atoms with Crippen molar-refractivity contribution in [2.45, 2.75) is 13.3 Å². The Labute approximate surface area is 117 Å². The van der Waals surface area contributed by atoms with Gasteiger partial charge in [0.2, 0.25) is 0 Å². The number of benzene rings is 1. The second-order valence-corrected chi connectivity index (χ2v) is 4.26. The average molecular weight is 272 g/mol. The number of rotatable bonds is 5. The van der Waals surface area contributed by atoms with Gasteiger partial charge in [0.1, 0.15) is 11.5 Å². The van der Waals surface area contributed by atoms with Crippen molar-refractivity contribution in [3.63, 3.8) is 0 Å². The molecule has 1 aromatic carbocycles. The van der Waals surface area contributed by atoms with Crippen LogP contribution in [-0.2, 0) is 0 Å². The van der Waals surface area contributed by atoms with Crippen LogP contribution in [0.1, 0.15) is 23.7 Å². The quantitative estimate of drug-likeness (QED) is 0.878. The summed E-state index contributed by atoms with van der Waals surface area (Å²) >= 11 is 0. The van der Waals surface area contributed by atoms with Crippen molar-refractivity contribution in [1.29, 1.82) is 0 Å². The van der Waals surface area contributed by atoms with Gasteiger partial charge in [-0.1, -0.05) is 13.0 Å². The van der Waals surface area contributed by atoms with Gasteiger partial charge in [-0.2, -0.15) is 0 Å². The monoisotopic (exact) mass is 272 g/mol. The van der Waals surface area contributed by atoms with Crippen LogP contribution in [0.15, 0.2) is 42.7 Å². The smallest absolute Gasteiger partial charge is 0.257 e. The number of aromatic hydroxyl groups is 1. The zero-order valence-corrected chi connectivity index (χ0v) is 11.2. The third-order valence-corrected chi connectivity index (χ3v) is 2.55. The van der Waals surface area contributed by atoms with E-state index in [0.29, 0.717) is 23.6 Å². The number of amides is 1. The van der Waals surface area contributed by atoms with Gasteiger partial charge in [-0.15, -0.1) is 0 Å². The second-order valence-electron chi connectivity index (χ2n) is 4.26. The van der Waals surface area contributed by atoms with Crippen LogP contribution in [0.5, 0.6) is 11.5 Å². The van der Waals surface area contributed by atoms with E-state index in [1.807, 2.05) is 13.0 Å². The van der Waals surface area contributed by atoms with Gasteiger partial charge in [0, 0.05) is 18.0 Å². The average Bonchev–Trinajstić information content (AvgIpc) is 2.45. The van der Waals surface area contributed by atoms with Crippen molar-refractivity contribution in [1.82, 2.24) is 4.98 Å². The number of hydrogen-bond acceptors (Lipinski definition) is 4. The molecule has 0 spiro atoms. The van der Waals surface area contributed by atoms with Crippen LogP contribution in [0.25, 0.3) is 0 Å². The van der Waals surface area contributed by atoms with Crippen molar-refractivity contribution in [2.24, 2.45) is 0 Å².